The molecule has 3 heterocycles. The number of rotatable bonds is 2. The molecule has 3 rings (SSSR count). The topological polar surface area (TPSA) is 92.3 Å². The first-order valence-electron chi connectivity index (χ1n) is 6.61. The van der Waals surface area contributed by atoms with E-state index in [0.29, 0.717) is 18.7 Å². The second kappa shape index (κ2) is 5.64. The first kappa shape index (κ1) is 14.9. The number of halogens is 2. The van der Waals surface area contributed by atoms with Crippen LogP contribution in [0.1, 0.15) is 18.7 Å². The largest absolute Gasteiger partial charge is 0.465 e. The molecule has 0 radical (unpaired) electrons. The van der Waals surface area contributed by atoms with E-state index in [2.05, 4.69) is 31.1 Å². The van der Waals surface area contributed by atoms with Crippen LogP contribution in [0, 0.1) is 0 Å². The Morgan fingerprint density at radius 3 is 3.05 bits per heavy atom. The van der Waals surface area contributed by atoms with E-state index in [0.717, 1.165) is 9.37 Å². The Morgan fingerprint density at radius 1 is 1.50 bits per heavy atom. The van der Waals surface area contributed by atoms with Gasteiger partial charge in [-0.1, -0.05) is 15.9 Å². The molecular weight excluding hydrogens is 359 g/mol. The van der Waals surface area contributed by atoms with Gasteiger partial charge in [0.1, 0.15) is 5.69 Å². The number of pyridine rings is 1. The van der Waals surface area contributed by atoms with Gasteiger partial charge in [0.05, 0.1) is 6.54 Å². The van der Waals surface area contributed by atoms with Crippen molar-refractivity contribution >= 4 is 22.0 Å². The molecule has 0 spiro atoms. The fraction of sp³-hybridized carbons (Fsp3) is 0.385. The van der Waals surface area contributed by atoms with Gasteiger partial charge in [-0.3, -0.25) is 4.98 Å². The highest BCUT2D eigenvalue weighted by Gasteiger charge is 2.43. The molecule has 1 N–H and O–H groups in total. The Bertz CT molecular complexity index is 710. The molecule has 1 aliphatic heterocycles. The number of carbonyl (C=O) groups is 1. The van der Waals surface area contributed by atoms with E-state index in [-0.39, 0.29) is 24.7 Å². The molecule has 1 fully saturated rings. The Hall–Kier alpha value is -2.03. The van der Waals surface area contributed by atoms with E-state index in [1.165, 1.54) is 0 Å². The minimum atomic E-state index is -1.96. The predicted molar refractivity (Wildman–Crippen MR) is 76.8 cm³/mol. The number of piperidine rings is 1. The predicted octanol–water partition coefficient (Wildman–Crippen LogP) is 2.83. The van der Waals surface area contributed by atoms with E-state index in [1.54, 1.807) is 18.3 Å². The van der Waals surface area contributed by atoms with Crippen molar-refractivity contribution in [2.75, 3.05) is 13.1 Å². The second-order valence-electron chi connectivity index (χ2n) is 5.04. The van der Waals surface area contributed by atoms with Crippen LogP contribution in [0.15, 0.2) is 27.2 Å². The maximum absolute atomic E-state index is 15.0. The number of aromatic nitrogens is 3. The van der Waals surface area contributed by atoms with Crippen molar-refractivity contribution in [2.45, 2.75) is 18.5 Å². The van der Waals surface area contributed by atoms with E-state index < -0.39 is 11.8 Å². The number of carboxylic acid groups (broad SMARTS) is 1. The van der Waals surface area contributed by atoms with Crippen LogP contribution < -0.4 is 0 Å². The minimum absolute atomic E-state index is 0.0979. The van der Waals surface area contributed by atoms with Crippen LogP contribution >= 0.6 is 15.9 Å². The Labute approximate surface area is 133 Å². The van der Waals surface area contributed by atoms with Crippen LogP contribution in [-0.2, 0) is 5.67 Å². The Balaban J connectivity index is 1.88. The van der Waals surface area contributed by atoms with Crippen molar-refractivity contribution in [3.05, 3.63) is 28.7 Å². The van der Waals surface area contributed by atoms with E-state index in [1.807, 2.05) is 0 Å². The van der Waals surface area contributed by atoms with Gasteiger partial charge in [-0.2, -0.15) is 0 Å². The molecule has 2 aromatic rings. The van der Waals surface area contributed by atoms with Crippen molar-refractivity contribution in [3.63, 3.8) is 0 Å². The smallest absolute Gasteiger partial charge is 0.407 e. The molecular formula is C13H12BrFN4O3. The molecule has 1 atom stereocenters. The summed E-state index contributed by atoms with van der Waals surface area (Å²) >= 11 is 3.30. The second-order valence-corrected chi connectivity index (χ2v) is 5.96. The van der Waals surface area contributed by atoms with Crippen LogP contribution in [0.5, 0.6) is 0 Å². The maximum Gasteiger partial charge on any atom is 0.407 e. The molecule has 9 heteroatoms. The highest BCUT2D eigenvalue weighted by atomic mass is 79.9. The normalized spacial score (nSPS) is 21.8. The molecule has 1 saturated heterocycles. The number of amides is 1. The summed E-state index contributed by atoms with van der Waals surface area (Å²) in [5, 5.41) is 16.6. The molecule has 22 heavy (non-hydrogen) atoms. The molecule has 1 unspecified atom stereocenters. The molecule has 116 valence electrons. The summed E-state index contributed by atoms with van der Waals surface area (Å²) in [5.41, 5.74) is -1.55. The highest BCUT2D eigenvalue weighted by Crippen LogP contribution is 2.36. The monoisotopic (exact) mass is 370 g/mol. The standard InChI is InChI=1S/C13H12BrFN4O3/c14-8-2-4-16-9(6-8)10-17-18-11(22-10)13(15)3-1-5-19(7-13)12(20)21/h2,4,6H,1,3,5,7H2,(H,20,21). The molecule has 2 aromatic heterocycles. The highest BCUT2D eigenvalue weighted by molar-refractivity contribution is 9.10. The SMILES string of the molecule is O=C(O)N1CCCC(F)(c2nnc(-c3cc(Br)ccn3)o2)C1. The average Bonchev–Trinajstić information content (AvgIpc) is 2.98. The molecule has 7 nitrogen and oxygen atoms in total. The van der Waals surface area contributed by atoms with Crippen LogP contribution in [0.2, 0.25) is 0 Å². The number of hydrogen-bond donors (Lipinski definition) is 1. The van der Waals surface area contributed by atoms with Crippen molar-refractivity contribution in [1.29, 1.82) is 0 Å². The molecule has 0 saturated carbocycles. The fourth-order valence-corrected chi connectivity index (χ4v) is 2.71. The van der Waals surface area contributed by atoms with Crippen molar-refractivity contribution in [1.82, 2.24) is 20.1 Å². The zero-order valence-electron chi connectivity index (χ0n) is 11.4. The first-order chi connectivity index (χ1) is 10.5. The van der Waals surface area contributed by atoms with Gasteiger partial charge in [0, 0.05) is 17.2 Å². The zero-order chi connectivity index (χ0) is 15.7. The summed E-state index contributed by atoms with van der Waals surface area (Å²) < 4.78 is 21.2. The summed E-state index contributed by atoms with van der Waals surface area (Å²) in [4.78, 5) is 16.1. The molecule has 0 bridgehead atoms. The lowest BCUT2D eigenvalue weighted by atomic mass is 9.95. The van der Waals surface area contributed by atoms with Crippen molar-refractivity contribution in [2.24, 2.45) is 0 Å². The fourth-order valence-electron chi connectivity index (χ4n) is 2.38. The van der Waals surface area contributed by atoms with Crippen LogP contribution in [-0.4, -0.2) is 44.4 Å². The molecule has 1 amide bonds. The van der Waals surface area contributed by atoms with Gasteiger partial charge in [0.15, 0.2) is 0 Å². The van der Waals surface area contributed by atoms with E-state index in [9.17, 15) is 9.18 Å². The molecule has 0 aromatic carbocycles. The molecule has 0 aliphatic carbocycles. The number of hydrogen-bond acceptors (Lipinski definition) is 5. The van der Waals surface area contributed by atoms with Gasteiger partial charge in [0.25, 0.3) is 11.8 Å². The van der Waals surface area contributed by atoms with Gasteiger partial charge in [-0.15, -0.1) is 10.2 Å². The third-order valence-electron chi connectivity index (χ3n) is 3.46. The van der Waals surface area contributed by atoms with Crippen LogP contribution in [0.4, 0.5) is 9.18 Å². The van der Waals surface area contributed by atoms with Gasteiger partial charge in [-0.05, 0) is 25.0 Å². The van der Waals surface area contributed by atoms with Gasteiger partial charge in [-0.25, -0.2) is 9.18 Å². The third kappa shape index (κ3) is 2.80. The van der Waals surface area contributed by atoms with Gasteiger partial charge < -0.3 is 14.4 Å². The summed E-state index contributed by atoms with van der Waals surface area (Å²) in [6.45, 7) is -0.00886. The quantitative estimate of drug-likeness (QED) is 0.873. The van der Waals surface area contributed by atoms with Gasteiger partial charge in [0.2, 0.25) is 5.67 Å². The van der Waals surface area contributed by atoms with Crippen LogP contribution in [0.3, 0.4) is 0 Å². The lowest BCUT2D eigenvalue weighted by Crippen LogP contribution is -2.46. The van der Waals surface area contributed by atoms with Crippen LogP contribution in [0.25, 0.3) is 11.6 Å². The molecule has 1 aliphatic rings. The minimum Gasteiger partial charge on any atom is -0.465 e. The van der Waals surface area contributed by atoms with E-state index >= 15 is 0 Å². The van der Waals surface area contributed by atoms with E-state index in [4.69, 9.17) is 9.52 Å². The first-order valence-corrected chi connectivity index (χ1v) is 7.40. The number of nitrogens with zero attached hydrogens (tertiary/aromatic N) is 4. The van der Waals surface area contributed by atoms with Gasteiger partial charge >= 0.3 is 6.09 Å². The number of likely N-dealkylation sites (tertiary alicyclic amines) is 1. The zero-order valence-corrected chi connectivity index (χ0v) is 13.0. The summed E-state index contributed by atoms with van der Waals surface area (Å²) in [7, 11) is 0. The van der Waals surface area contributed by atoms with Crippen molar-refractivity contribution in [3.8, 4) is 11.6 Å². The number of alkyl halides is 1. The lowest BCUT2D eigenvalue weighted by Gasteiger charge is -2.33. The lowest BCUT2D eigenvalue weighted by molar-refractivity contribution is 0.0239. The maximum atomic E-state index is 15.0. The Morgan fingerprint density at radius 2 is 2.32 bits per heavy atom. The van der Waals surface area contributed by atoms with Crippen molar-refractivity contribution < 1.29 is 18.7 Å². The Kier molecular flexibility index (Phi) is 3.81. The summed E-state index contributed by atoms with van der Waals surface area (Å²) in [6, 6.07) is 3.41. The summed E-state index contributed by atoms with van der Waals surface area (Å²) in [5.74, 6) is -0.115. The third-order valence-corrected chi connectivity index (χ3v) is 3.96. The average molecular weight is 371 g/mol. The summed E-state index contributed by atoms with van der Waals surface area (Å²) in [6.07, 6.45) is 0.941.